The van der Waals surface area contributed by atoms with Gasteiger partial charge in [-0.15, -0.1) is 0 Å². The summed E-state index contributed by atoms with van der Waals surface area (Å²) in [5.74, 6) is 0.681. The van der Waals surface area contributed by atoms with Gasteiger partial charge in [-0.25, -0.2) is 9.97 Å². The Morgan fingerprint density at radius 3 is 1.98 bits per heavy atom. The molecule has 1 aliphatic carbocycles. The fraction of sp³-hybridized carbons (Fsp3) is 0.0667. The second-order valence-electron chi connectivity index (χ2n) is 13.4. The monoisotopic (exact) mass is 613 g/mol. The summed E-state index contributed by atoms with van der Waals surface area (Å²) in [6, 6.07) is 54.5. The fourth-order valence-electron chi connectivity index (χ4n) is 8.11. The average molecular weight is 614 g/mol. The Labute approximate surface area is 278 Å². The zero-order valence-electron chi connectivity index (χ0n) is 26.8. The van der Waals surface area contributed by atoms with Crippen molar-refractivity contribution in [1.82, 2.24) is 14.5 Å². The molecule has 3 heteroatoms. The van der Waals surface area contributed by atoms with Gasteiger partial charge in [0.05, 0.1) is 22.2 Å². The fourth-order valence-corrected chi connectivity index (χ4v) is 8.11. The maximum atomic E-state index is 5.38. The number of para-hydroxylation sites is 2. The van der Waals surface area contributed by atoms with Crippen LogP contribution in [0.5, 0.6) is 0 Å². The second kappa shape index (κ2) is 9.97. The van der Waals surface area contributed by atoms with Crippen molar-refractivity contribution in [3.8, 4) is 39.5 Å². The molecule has 0 N–H and O–H groups in total. The molecule has 0 spiro atoms. The van der Waals surface area contributed by atoms with E-state index in [0.717, 1.165) is 33.2 Å². The van der Waals surface area contributed by atoms with Crippen molar-refractivity contribution in [3.63, 3.8) is 0 Å². The Morgan fingerprint density at radius 1 is 0.479 bits per heavy atom. The van der Waals surface area contributed by atoms with E-state index in [0.29, 0.717) is 5.95 Å². The van der Waals surface area contributed by atoms with Crippen LogP contribution in [-0.4, -0.2) is 14.5 Å². The predicted octanol–water partition coefficient (Wildman–Crippen LogP) is 11.5. The van der Waals surface area contributed by atoms with Gasteiger partial charge in [0, 0.05) is 27.1 Å². The molecule has 7 aromatic carbocycles. The molecule has 1 aliphatic rings. The van der Waals surface area contributed by atoms with E-state index in [9.17, 15) is 0 Å². The molecule has 48 heavy (non-hydrogen) atoms. The van der Waals surface area contributed by atoms with Crippen LogP contribution in [0.25, 0.3) is 82.9 Å². The van der Waals surface area contributed by atoms with Gasteiger partial charge < -0.3 is 0 Å². The van der Waals surface area contributed by atoms with Crippen molar-refractivity contribution in [1.29, 1.82) is 0 Å². The predicted molar refractivity (Wildman–Crippen MR) is 200 cm³/mol. The molecule has 0 radical (unpaired) electrons. The van der Waals surface area contributed by atoms with Gasteiger partial charge >= 0.3 is 0 Å². The smallest absolute Gasteiger partial charge is 0.235 e. The first-order valence-electron chi connectivity index (χ1n) is 16.6. The molecule has 9 aromatic rings. The Kier molecular flexibility index (Phi) is 5.63. The van der Waals surface area contributed by atoms with Crippen molar-refractivity contribution in [2.45, 2.75) is 19.3 Å². The molecular formula is C45H31N3. The Bertz CT molecular complexity index is 2730. The molecule has 226 valence electrons. The van der Waals surface area contributed by atoms with Crippen LogP contribution in [0.2, 0.25) is 0 Å². The largest absolute Gasteiger partial charge is 0.278 e. The van der Waals surface area contributed by atoms with Crippen LogP contribution < -0.4 is 0 Å². The van der Waals surface area contributed by atoms with Gasteiger partial charge in [0.2, 0.25) is 5.95 Å². The normalized spacial score (nSPS) is 13.4. The summed E-state index contributed by atoms with van der Waals surface area (Å²) in [6.45, 7) is 4.74. The summed E-state index contributed by atoms with van der Waals surface area (Å²) in [5, 5.41) is 6.07. The van der Waals surface area contributed by atoms with Gasteiger partial charge in [0.25, 0.3) is 0 Å². The van der Waals surface area contributed by atoms with Crippen LogP contribution in [0, 0.1) is 0 Å². The molecule has 0 bridgehead atoms. The standard InChI is InChI=1S/C45H31N3/c1-45(2)38-27-41-37(26-36(38)34-25-24-30-14-6-7-15-32(30)42(34)45)33-16-9-11-19-40(33)48(41)44-46-39-18-10-8-17-35(39)43(47-44)31-22-20-29(21-23-31)28-12-4-3-5-13-28/h3-27H,1-2H3. The minimum Gasteiger partial charge on any atom is -0.278 e. The lowest BCUT2D eigenvalue weighted by molar-refractivity contribution is 0.667. The van der Waals surface area contributed by atoms with E-state index >= 15 is 0 Å². The van der Waals surface area contributed by atoms with Gasteiger partial charge in [0.15, 0.2) is 0 Å². The maximum absolute atomic E-state index is 5.38. The number of benzene rings is 7. The summed E-state index contributed by atoms with van der Waals surface area (Å²) in [7, 11) is 0. The zero-order chi connectivity index (χ0) is 32.0. The van der Waals surface area contributed by atoms with Crippen molar-refractivity contribution in [2.75, 3.05) is 0 Å². The van der Waals surface area contributed by atoms with E-state index in [2.05, 4.69) is 170 Å². The molecule has 2 heterocycles. The first kappa shape index (κ1) is 27.1. The Hall–Kier alpha value is -6.06. The van der Waals surface area contributed by atoms with Crippen LogP contribution in [0.15, 0.2) is 152 Å². The highest BCUT2D eigenvalue weighted by molar-refractivity contribution is 6.12. The molecule has 10 rings (SSSR count). The molecule has 3 nitrogen and oxygen atoms in total. The number of hydrogen-bond acceptors (Lipinski definition) is 2. The number of aromatic nitrogens is 3. The highest BCUT2D eigenvalue weighted by Gasteiger charge is 2.38. The number of hydrogen-bond donors (Lipinski definition) is 0. The lowest BCUT2D eigenvalue weighted by Gasteiger charge is -2.23. The highest BCUT2D eigenvalue weighted by atomic mass is 15.2. The second-order valence-corrected chi connectivity index (χ2v) is 13.4. The average Bonchev–Trinajstić information content (AvgIpc) is 3.58. The summed E-state index contributed by atoms with van der Waals surface area (Å²) in [6.07, 6.45) is 0. The lowest BCUT2D eigenvalue weighted by atomic mass is 9.80. The van der Waals surface area contributed by atoms with E-state index in [1.165, 1.54) is 54.9 Å². The molecular weight excluding hydrogens is 583 g/mol. The third kappa shape index (κ3) is 3.82. The van der Waals surface area contributed by atoms with Crippen molar-refractivity contribution >= 4 is 43.5 Å². The summed E-state index contributed by atoms with van der Waals surface area (Å²) < 4.78 is 2.27. The van der Waals surface area contributed by atoms with Crippen molar-refractivity contribution < 1.29 is 0 Å². The van der Waals surface area contributed by atoms with E-state index in [1.807, 2.05) is 0 Å². The minimum absolute atomic E-state index is 0.170. The number of nitrogens with zero attached hydrogens (tertiary/aromatic N) is 3. The van der Waals surface area contributed by atoms with Crippen molar-refractivity contribution in [2.24, 2.45) is 0 Å². The Balaban J connectivity index is 1.22. The molecule has 0 amide bonds. The third-order valence-electron chi connectivity index (χ3n) is 10.4. The molecule has 0 saturated carbocycles. The lowest BCUT2D eigenvalue weighted by Crippen LogP contribution is -2.15. The SMILES string of the molecule is CC1(C)c2cc3c(cc2-c2ccc4ccccc4c21)c1ccccc1n3-c1nc(-c2ccc(-c3ccccc3)cc2)c2ccccc2n1. The molecule has 2 aromatic heterocycles. The van der Waals surface area contributed by atoms with E-state index < -0.39 is 0 Å². The zero-order valence-corrected chi connectivity index (χ0v) is 26.8. The number of fused-ring (bicyclic) bond motifs is 9. The van der Waals surface area contributed by atoms with Crippen LogP contribution in [0.4, 0.5) is 0 Å². The van der Waals surface area contributed by atoms with Crippen LogP contribution in [-0.2, 0) is 5.41 Å². The Morgan fingerprint density at radius 2 is 1.15 bits per heavy atom. The van der Waals surface area contributed by atoms with Gasteiger partial charge in [-0.1, -0.05) is 141 Å². The van der Waals surface area contributed by atoms with Gasteiger partial charge in [-0.05, 0) is 68.4 Å². The molecule has 0 aliphatic heterocycles. The summed E-state index contributed by atoms with van der Waals surface area (Å²) in [4.78, 5) is 10.6. The molecule has 0 unspecified atom stereocenters. The van der Waals surface area contributed by atoms with Gasteiger partial charge in [-0.3, -0.25) is 4.57 Å². The van der Waals surface area contributed by atoms with Gasteiger partial charge in [-0.2, -0.15) is 0 Å². The highest BCUT2D eigenvalue weighted by Crippen LogP contribution is 2.53. The molecule has 0 fully saturated rings. The molecule has 0 saturated heterocycles. The van der Waals surface area contributed by atoms with E-state index in [1.54, 1.807) is 0 Å². The summed E-state index contributed by atoms with van der Waals surface area (Å²) >= 11 is 0. The minimum atomic E-state index is -0.170. The quantitative estimate of drug-likeness (QED) is 0.198. The van der Waals surface area contributed by atoms with E-state index in [4.69, 9.17) is 9.97 Å². The van der Waals surface area contributed by atoms with Crippen LogP contribution in [0.3, 0.4) is 0 Å². The number of rotatable bonds is 3. The van der Waals surface area contributed by atoms with E-state index in [-0.39, 0.29) is 5.41 Å². The molecule has 0 atom stereocenters. The van der Waals surface area contributed by atoms with Crippen LogP contribution in [0.1, 0.15) is 25.0 Å². The summed E-state index contributed by atoms with van der Waals surface area (Å²) in [5.41, 5.74) is 12.8. The topological polar surface area (TPSA) is 30.7 Å². The first-order chi connectivity index (χ1) is 23.6. The van der Waals surface area contributed by atoms with Crippen molar-refractivity contribution in [3.05, 3.63) is 163 Å². The third-order valence-corrected chi connectivity index (χ3v) is 10.4. The maximum Gasteiger partial charge on any atom is 0.235 e. The first-order valence-corrected chi connectivity index (χ1v) is 16.6. The van der Waals surface area contributed by atoms with Crippen LogP contribution >= 0.6 is 0 Å². The van der Waals surface area contributed by atoms with Gasteiger partial charge in [0.1, 0.15) is 0 Å².